The molecule has 0 saturated heterocycles. The summed E-state index contributed by atoms with van der Waals surface area (Å²) in [6.07, 6.45) is 2.59. The van der Waals surface area contributed by atoms with Crippen molar-refractivity contribution in [2.75, 3.05) is 11.9 Å². The number of hydrogen-bond donors (Lipinski definition) is 0. The van der Waals surface area contributed by atoms with Crippen LogP contribution in [0.3, 0.4) is 0 Å². The topological polar surface area (TPSA) is 53.1 Å². The molecular formula is C18H17N3O. The van der Waals surface area contributed by atoms with E-state index in [0.29, 0.717) is 5.69 Å². The van der Waals surface area contributed by atoms with E-state index in [2.05, 4.69) is 22.9 Å². The molecule has 3 aromatic rings. The molecule has 0 bridgehead atoms. The van der Waals surface area contributed by atoms with Crippen molar-refractivity contribution in [2.45, 2.75) is 19.9 Å². The normalized spacial score (nSPS) is 10.6. The Bertz CT molecular complexity index is 828. The summed E-state index contributed by atoms with van der Waals surface area (Å²) in [5, 5.41) is 9.98. The van der Waals surface area contributed by atoms with Gasteiger partial charge in [0, 0.05) is 31.0 Å². The maximum absolute atomic E-state index is 8.82. The Morgan fingerprint density at radius 2 is 2.05 bits per heavy atom. The van der Waals surface area contributed by atoms with Crippen LogP contribution in [0.4, 0.5) is 5.69 Å². The smallest absolute Gasteiger partial charge is 0.140 e. The van der Waals surface area contributed by atoms with Crippen molar-refractivity contribution in [3.63, 3.8) is 0 Å². The number of para-hydroxylation sites is 1. The van der Waals surface area contributed by atoms with Gasteiger partial charge in [-0.1, -0.05) is 25.1 Å². The highest BCUT2D eigenvalue weighted by atomic mass is 16.3. The fraction of sp³-hybridized carbons (Fsp3) is 0.222. The summed E-state index contributed by atoms with van der Waals surface area (Å²) in [6, 6.07) is 13.8. The molecule has 0 amide bonds. The van der Waals surface area contributed by atoms with Crippen LogP contribution in [0.15, 0.2) is 47.0 Å². The van der Waals surface area contributed by atoms with Crippen molar-refractivity contribution >= 4 is 16.7 Å². The minimum absolute atomic E-state index is 0.431. The largest absolute Gasteiger partial charge is 0.461 e. The summed E-state index contributed by atoms with van der Waals surface area (Å²) in [7, 11) is 2.02. The van der Waals surface area contributed by atoms with Crippen LogP contribution in [0.25, 0.3) is 11.0 Å². The van der Waals surface area contributed by atoms with Crippen molar-refractivity contribution < 1.29 is 4.42 Å². The maximum Gasteiger partial charge on any atom is 0.140 e. The Balaban J connectivity index is 1.93. The quantitative estimate of drug-likeness (QED) is 0.731. The van der Waals surface area contributed by atoms with Gasteiger partial charge in [0.25, 0.3) is 0 Å². The highest BCUT2D eigenvalue weighted by molar-refractivity contribution is 5.82. The number of nitrogens with zero attached hydrogens (tertiary/aromatic N) is 3. The molecule has 0 aliphatic rings. The van der Waals surface area contributed by atoms with Crippen LogP contribution in [0.1, 0.15) is 23.9 Å². The van der Waals surface area contributed by atoms with Gasteiger partial charge in [-0.2, -0.15) is 5.26 Å². The summed E-state index contributed by atoms with van der Waals surface area (Å²) in [5.41, 5.74) is 3.55. The fourth-order valence-corrected chi connectivity index (χ4v) is 2.61. The Hall–Kier alpha value is -2.80. The summed E-state index contributed by atoms with van der Waals surface area (Å²) in [6.45, 7) is 2.85. The van der Waals surface area contributed by atoms with Gasteiger partial charge in [-0.15, -0.1) is 0 Å². The van der Waals surface area contributed by atoms with Crippen LogP contribution >= 0.6 is 0 Å². The van der Waals surface area contributed by atoms with E-state index in [4.69, 9.17) is 9.68 Å². The van der Waals surface area contributed by atoms with Gasteiger partial charge < -0.3 is 9.32 Å². The fourth-order valence-electron chi connectivity index (χ4n) is 2.61. The van der Waals surface area contributed by atoms with E-state index < -0.39 is 0 Å². The monoisotopic (exact) mass is 291 g/mol. The third-order valence-corrected chi connectivity index (χ3v) is 3.80. The molecule has 0 N–H and O–H groups in total. The first-order valence-electron chi connectivity index (χ1n) is 7.29. The minimum atomic E-state index is 0.431. The number of furan rings is 1. The van der Waals surface area contributed by atoms with E-state index in [9.17, 15) is 0 Å². The molecule has 0 spiro atoms. The molecule has 22 heavy (non-hydrogen) atoms. The molecule has 2 heterocycles. The van der Waals surface area contributed by atoms with Gasteiger partial charge in [0.05, 0.1) is 11.9 Å². The number of aryl methyl sites for hydroxylation is 1. The zero-order valence-corrected chi connectivity index (χ0v) is 12.7. The van der Waals surface area contributed by atoms with Crippen LogP contribution in [0, 0.1) is 11.3 Å². The lowest BCUT2D eigenvalue weighted by Gasteiger charge is -2.19. The zero-order valence-electron chi connectivity index (χ0n) is 12.7. The molecule has 0 atom stereocenters. The molecular weight excluding hydrogens is 274 g/mol. The third-order valence-electron chi connectivity index (χ3n) is 3.80. The van der Waals surface area contributed by atoms with Crippen molar-refractivity contribution in [2.24, 2.45) is 0 Å². The second kappa shape index (κ2) is 5.90. The Morgan fingerprint density at radius 3 is 2.73 bits per heavy atom. The Morgan fingerprint density at radius 1 is 1.23 bits per heavy atom. The molecule has 1 aromatic carbocycles. The van der Waals surface area contributed by atoms with Gasteiger partial charge in [-0.25, -0.2) is 4.98 Å². The highest BCUT2D eigenvalue weighted by Gasteiger charge is 2.14. The van der Waals surface area contributed by atoms with Crippen molar-refractivity contribution in [1.82, 2.24) is 4.98 Å². The van der Waals surface area contributed by atoms with Gasteiger partial charge in [0.15, 0.2) is 0 Å². The molecule has 3 rings (SSSR count). The first-order valence-corrected chi connectivity index (χ1v) is 7.29. The average Bonchev–Trinajstić information content (AvgIpc) is 2.93. The van der Waals surface area contributed by atoms with Crippen LogP contribution in [-0.4, -0.2) is 12.0 Å². The number of fused-ring (bicyclic) bond motifs is 1. The molecule has 2 aromatic heterocycles. The summed E-state index contributed by atoms with van der Waals surface area (Å²) < 4.78 is 5.94. The van der Waals surface area contributed by atoms with Crippen LogP contribution in [0.5, 0.6) is 0 Å². The maximum atomic E-state index is 8.82. The summed E-state index contributed by atoms with van der Waals surface area (Å²) in [5.74, 6) is 1.02. The molecule has 0 fully saturated rings. The number of aromatic nitrogens is 1. The molecule has 0 saturated carbocycles. The van der Waals surface area contributed by atoms with Gasteiger partial charge >= 0.3 is 0 Å². The lowest BCUT2D eigenvalue weighted by molar-refractivity contribution is 0.549. The lowest BCUT2D eigenvalue weighted by atomic mass is 10.1. The van der Waals surface area contributed by atoms with Crippen LogP contribution in [-0.2, 0) is 13.0 Å². The number of anilines is 1. The molecule has 4 nitrogen and oxygen atoms in total. The van der Waals surface area contributed by atoms with Gasteiger partial charge in [0.2, 0.25) is 0 Å². The van der Waals surface area contributed by atoms with Gasteiger partial charge in [-0.3, -0.25) is 0 Å². The molecule has 0 aliphatic heterocycles. The lowest BCUT2D eigenvalue weighted by Crippen LogP contribution is -2.17. The van der Waals surface area contributed by atoms with E-state index >= 15 is 0 Å². The SMILES string of the molecule is CCc1oc2ccccc2c1CN(C)c1ccc(C#N)nc1. The number of pyridine rings is 1. The number of nitriles is 1. The zero-order chi connectivity index (χ0) is 15.5. The number of benzene rings is 1. The second-order valence-electron chi connectivity index (χ2n) is 5.22. The Kier molecular flexibility index (Phi) is 3.80. The van der Waals surface area contributed by atoms with Crippen molar-refractivity contribution in [3.8, 4) is 6.07 Å². The second-order valence-corrected chi connectivity index (χ2v) is 5.22. The molecule has 0 unspecified atom stereocenters. The first-order chi connectivity index (χ1) is 10.7. The van der Waals surface area contributed by atoms with Gasteiger partial charge in [0.1, 0.15) is 23.1 Å². The predicted molar refractivity (Wildman–Crippen MR) is 86.7 cm³/mol. The number of rotatable bonds is 4. The third kappa shape index (κ3) is 2.53. The van der Waals surface area contributed by atoms with Gasteiger partial charge in [-0.05, 0) is 18.2 Å². The Labute approximate surface area is 129 Å². The molecule has 0 aliphatic carbocycles. The van der Waals surface area contributed by atoms with Crippen LogP contribution in [0.2, 0.25) is 0 Å². The van der Waals surface area contributed by atoms with Crippen molar-refractivity contribution in [3.05, 3.63) is 59.6 Å². The van der Waals surface area contributed by atoms with E-state index in [1.54, 1.807) is 12.3 Å². The van der Waals surface area contributed by atoms with E-state index in [0.717, 1.165) is 35.4 Å². The standard InChI is InChI=1S/C18H17N3O/c1-3-17-16(15-6-4-5-7-18(15)22-17)12-21(2)14-9-8-13(10-19)20-11-14/h4-9,11H,3,12H2,1-2H3. The molecule has 110 valence electrons. The summed E-state index contributed by atoms with van der Waals surface area (Å²) in [4.78, 5) is 6.24. The predicted octanol–water partition coefficient (Wildman–Crippen LogP) is 3.90. The first kappa shape index (κ1) is 14.2. The summed E-state index contributed by atoms with van der Waals surface area (Å²) >= 11 is 0. The van der Waals surface area contributed by atoms with Crippen molar-refractivity contribution in [1.29, 1.82) is 5.26 Å². The van der Waals surface area contributed by atoms with E-state index in [1.807, 2.05) is 37.4 Å². The molecule has 4 heteroatoms. The average molecular weight is 291 g/mol. The highest BCUT2D eigenvalue weighted by Crippen LogP contribution is 2.28. The van der Waals surface area contributed by atoms with E-state index in [-0.39, 0.29) is 0 Å². The minimum Gasteiger partial charge on any atom is -0.461 e. The van der Waals surface area contributed by atoms with E-state index in [1.165, 1.54) is 5.56 Å². The number of hydrogen-bond acceptors (Lipinski definition) is 4. The van der Waals surface area contributed by atoms with Crippen LogP contribution < -0.4 is 4.90 Å². The molecule has 0 radical (unpaired) electrons.